The molecule has 1 aromatic carbocycles. The smallest absolute Gasteiger partial charge is 0.131 e. The van der Waals surface area contributed by atoms with Crippen molar-refractivity contribution in [3.63, 3.8) is 0 Å². The quantitative estimate of drug-likeness (QED) is 0.645. The first kappa shape index (κ1) is 11.0. The number of rotatable bonds is 3. The molecule has 14 heavy (non-hydrogen) atoms. The molecule has 3 nitrogen and oxygen atoms in total. The number of hydrogen-bond acceptors (Lipinski definition) is 2. The Kier molecular flexibility index (Phi) is 3.52. The summed E-state index contributed by atoms with van der Waals surface area (Å²) >= 11 is 3.34. The summed E-state index contributed by atoms with van der Waals surface area (Å²) in [6.07, 6.45) is 0.0717. The molecular weight excluding hydrogens is 244 g/mol. The summed E-state index contributed by atoms with van der Waals surface area (Å²) in [4.78, 5) is 0. The Hall–Kier alpha value is -1.03. The van der Waals surface area contributed by atoms with E-state index >= 15 is 0 Å². The monoisotopic (exact) mass is 256 g/mol. The standard InChI is InChI=1S/C10H13BrN2O/c1-6(2)14-9-5-7(11)3-4-8(9)10(12)13/h3-6H,1-2H3,(H3,12,13). The lowest BCUT2D eigenvalue weighted by Crippen LogP contribution is -2.15. The van der Waals surface area contributed by atoms with E-state index in [1.54, 1.807) is 6.07 Å². The van der Waals surface area contributed by atoms with E-state index in [1.165, 1.54) is 0 Å². The zero-order chi connectivity index (χ0) is 10.7. The maximum absolute atomic E-state index is 7.37. The molecule has 0 atom stereocenters. The van der Waals surface area contributed by atoms with Crippen LogP contribution in [-0.2, 0) is 0 Å². The highest BCUT2D eigenvalue weighted by Gasteiger charge is 2.08. The van der Waals surface area contributed by atoms with Gasteiger partial charge in [-0.05, 0) is 32.0 Å². The Balaban J connectivity index is 3.09. The summed E-state index contributed by atoms with van der Waals surface area (Å²) in [5.41, 5.74) is 6.06. The predicted molar refractivity (Wildman–Crippen MR) is 60.9 cm³/mol. The van der Waals surface area contributed by atoms with Crippen molar-refractivity contribution in [2.75, 3.05) is 0 Å². The first-order valence-corrected chi connectivity index (χ1v) is 5.10. The van der Waals surface area contributed by atoms with E-state index in [2.05, 4.69) is 15.9 Å². The molecule has 0 saturated carbocycles. The lowest BCUT2D eigenvalue weighted by molar-refractivity contribution is 0.242. The Labute approximate surface area is 91.9 Å². The topological polar surface area (TPSA) is 59.1 Å². The largest absolute Gasteiger partial charge is 0.490 e. The summed E-state index contributed by atoms with van der Waals surface area (Å²) < 4.78 is 6.45. The van der Waals surface area contributed by atoms with Gasteiger partial charge in [-0.25, -0.2) is 0 Å². The third kappa shape index (κ3) is 2.73. The molecule has 0 radical (unpaired) electrons. The number of halogens is 1. The van der Waals surface area contributed by atoms with Crippen LogP contribution in [0.25, 0.3) is 0 Å². The van der Waals surface area contributed by atoms with Crippen LogP contribution in [0.1, 0.15) is 19.4 Å². The van der Waals surface area contributed by atoms with E-state index in [9.17, 15) is 0 Å². The van der Waals surface area contributed by atoms with Gasteiger partial charge in [0.1, 0.15) is 11.6 Å². The molecule has 3 N–H and O–H groups in total. The lowest BCUT2D eigenvalue weighted by atomic mass is 10.2. The van der Waals surface area contributed by atoms with Gasteiger partial charge < -0.3 is 10.5 Å². The lowest BCUT2D eigenvalue weighted by Gasteiger charge is -2.13. The van der Waals surface area contributed by atoms with Gasteiger partial charge in [0.15, 0.2) is 0 Å². The van der Waals surface area contributed by atoms with Gasteiger partial charge in [0.2, 0.25) is 0 Å². The van der Waals surface area contributed by atoms with E-state index in [-0.39, 0.29) is 11.9 Å². The fourth-order valence-corrected chi connectivity index (χ4v) is 1.41. The van der Waals surface area contributed by atoms with Crippen LogP contribution in [0.5, 0.6) is 5.75 Å². The van der Waals surface area contributed by atoms with Crippen LogP contribution in [0, 0.1) is 5.41 Å². The summed E-state index contributed by atoms with van der Waals surface area (Å²) in [5, 5.41) is 7.37. The second-order valence-corrected chi connectivity index (χ2v) is 4.14. The number of ether oxygens (including phenoxy) is 1. The van der Waals surface area contributed by atoms with Gasteiger partial charge >= 0.3 is 0 Å². The fourth-order valence-electron chi connectivity index (χ4n) is 1.07. The molecule has 4 heteroatoms. The van der Waals surface area contributed by atoms with Crippen molar-refractivity contribution in [3.8, 4) is 5.75 Å². The van der Waals surface area contributed by atoms with Crippen LogP contribution in [0.2, 0.25) is 0 Å². The van der Waals surface area contributed by atoms with Crippen molar-refractivity contribution in [3.05, 3.63) is 28.2 Å². The minimum Gasteiger partial charge on any atom is -0.490 e. The van der Waals surface area contributed by atoms with Crippen LogP contribution >= 0.6 is 15.9 Å². The van der Waals surface area contributed by atoms with Crippen LogP contribution in [0.4, 0.5) is 0 Å². The first-order valence-electron chi connectivity index (χ1n) is 4.31. The Morgan fingerprint density at radius 1 is 1.50 bits per heavy atom. The summed E-state index contributed by atoms with van der Waals surface area (Å²) in [7, 11) is 0. The summed E-state index contributed by atoms with van der Waals surface area (Å²) in [6, 6.07) is 5.42. The second-order valence-electron chi connectivity index (χ2n) is 3.22. The van der Waals surface area contributed by atoms with E-state index < -0.39 is 0 Å². The fraction of sp³-hybridized carbons (Fsp3) is 0.300. The molecule has 0 aliphatic carbocycles. The van der Waals surface area contributed by atoms with Crippen LogP contribution in [-0.4, -0.2) is 11.9 Å². The third-order valence-corrected chi connectivity index (χ3v) is 2.09. The predicted octanol–water partition coefficient (Wildman–Crippen LogP) is 2.52. The van der Waals surface area contributed by atoms with E-state index in [4.69, 9.17) is 15.9 Å². The molecule has 0 spiro atoms. The van der Waals surface area contributed by atoms with Crippen molar-refractivity contribution in [2.24, 2.45) is 5.73 Å². The van der Waals surface area contributed by atoms with Crippen LogP contribution < -0.4 is 10.5 Å². The molecule has 0 fully saturated rings. The van der Waals surface area contributed by atoms with Crippen LogP contribution in [0.3, 0.4) is 0 Å². The van der Waals surface area contributed by atoms with Gasteiger partial charge in [-0.15, -0.1) is 0 Å². The highest BCUT2D eigenvalue weighted by Crippen LogP contribution is 2.24. The molecule has 1 rings (SSSR count). The van der Waals surface area contributed by atoms with Gasteiger partial charge in [0, 0.05) is 4.47 Å². The number of benzene rings is 1. The maximum atomic E-state index is 7.37. The molecule has 0 unspecified atom stereocenters. The molecule has 76 valence electrons. The second kappa shape index (κ2) is 4.46. The normalized spacial score (nSPS) is 10.3. The van der Waals surface area contributed by atoms with Crippen LogP contribution in [0.15, 0.2) is 22.7 Å². The number of nitrogen functional groups attached to an aromatic ring is 1. The average molecular weight is 257 g/mol. The molecule has 0 saturated heterocycles. The number of hydrogen-bond donors (Lipinski definition) is 2. The number of nitrogens with two attached hydrogens (primary N) is 1. The molecule has 0 aliphatic rings. The minimum atomic E-state index is 0.0214. The SMILES string of the molecule is CC(C)Oc1cc(Br)ccc1C(=N)N. The van der Waals surface area contributed by atoms with Gasteiger partial charge in [-0.2, -0.15) is 0 Å². The van der Waals surface area contributed by atoms with Crippen molar-refractivity contribution >= 4 is 21.8 Å². The Bertz CT molecular complexity index is 350. The molecule has 0 amide bonds. The van der Waals surface area contributed by atoms with E-state index in [0.29, 0.717) is 11.3 Å². The molecular formula is C10H13BrN2O. The average Bonchev–Trinajstić information content (AvgIpc) is 2.01. The van der Waals surface area contributed by atoms with Crippen molar-refractivity contribution < 1.29 is 4.74 Å². The van der Waals surface area contributed by atoms with Crippen molar-refractivity contribution in [1.82, 2.24) is 0 Å². The molecule has 0 aliphatic heterocycles. The summed E-state index contributed by atoms with van der Waals surface area (Å²) in [6.45, 7) is 3.87. The number of nitrogens with one attached hydrogen (secondary N) is 1. The minimum absolute atomic E-state index is 0.0214. The first-order chi connectivity index (χ1) is 6.50. The van der Waals surface area contributed by atoms with Gasteiger partial charge in [0.25, 0.3) is 0 Å². The molecule has 0 bridgehead atoms. The molecule has 0 aromatic heterocycles. The zero-order valence-electron chi connectivity index (χ0n) is 8.17. The van der Waals surface area contributed by atoms with Crippen molar-refractivity contribution in [1.29, 1.82) is 5.41 Å². The zero-order valence-corrected chi connectivity index (χ0v) is 9.76. The highest BCUT2D eigenvalue weighted by molar-refractivity contribution is 9.10. The third-order valence-electron chi connectivity index (χ3n) is 1.60. The number of amidine groups is 1. The molecule has 1 aromatic rings. The Morgan fingerprint density at radius 2 is 2.14 bits per heavy atom. The van der Waals surface area contributed by atoms with E-state index in [1.807, 2.05) is 26.0 Å². The van der Waals surface area contributed by atoms with Gasteiger partial charge in [0.05, 0.1) is 11.7 Å². The summed E-state index contributed by atoms with van der Waals surface area (Å²) in [5.74, 6) is 0.662. The van der Waals surface area contributed by atoms with Gasteiger partial charge in [-0.1, -0.05) is 15.9 Å². The maximum Gasteiger partial charge on any atom is 0.131 e. The van der Waals surface area contributed by atoms with Crippen molar-refractivity contribution in [2.45, 2.75) is 20.0 Å². The Morgan fingerprint density at radius 3 is 2.64 bits per heavy atom. The van der Waals surface area contributed by atoms with E-state index in [0.717, 1.165) is 4.47 Å². The van der Waals surface area contributed by atoms with Gasteiger partial charge in [-0.3, -0.25) is 5.41 Å². The highest BCUT2D eigenvalue weighted by atomic mass is 79.9. The molecule has 0 heterocycles.